The molecule has 1 aliphatic rings. The number of likely N-dealkylation sites (tertiary alicyclic amines) is 1. The third kappa shape index (κ3) is 5.91. The number of nitrogens with one attached hydrogen (secondary N) is 2. The van der Waals surface area contributed by atoms with Crippen LogP contribution in [0.15, 0.2) is 36.4 Å². The van der Waals surface area contributed by atoms with Gasteiger partial charge in [-0.3, -0.25) is 4.79 Å². The zero-order chi connectivity index (χ0) is 19.9. The topological polar surface area (TPSA) is 44.4 Å². The van der Waals surface area contributed by atoms with Crippen molar-refractivity contribution in [2.45, 2.75) is 32.6 Å². The number of carbonyl (C=O) groups excluding carboxylic acids is 1. The summed E-state index contributed by atoms with van der Waals surface area (Å²) >= 11 is 2.26. The van der Waals surface area contributed by atoms with Gasteiger partial charge in [0.25, 0.3) is 5.91 Å². The first-order valence-electron chi connectivity index (χ1n) is 9.86. The number of hydrogen-bond donors (Lipinski definition) is 2. The van der Waals surface area contributed by atoms with E-state index in [1.165, 1.54) is 31.4 Å². The van der Waals surface area contributed by atoms with E-state index in [1.807, 2.05) is 25.1 Å². The van der Waals surface area contributed by atoms with Gasteiger partial charge in [-0.1, -0.05) is 6.42 Å². The number of anilines is 2. The molecule has 1 heterocycles. The molecule has 6 heteroatoms. The maximum Gasteiger partial charge on any atom is 0.253 e. The molecule has 0 radical (unpaired) electrons. The van der Waals surface area contributed by atoms with Crippen LogP contribution in [-0.4, -0.2) is 37.0 Å². The van der Waals surface area contributed by atoms with Gasteiger partial charge in [0.1, 0.15) is 5.82 Å². The lowest BCUT2D eigenvalue weighted by Crippen LogP contribution is -2.33. The minimum Gasteiger partial charge on any atom is -0.355 e. The van der Waals surface area contributed by atoms with Crippen LogP contribution in [0.3, 0.4) is 0 Å². The number of aryl methyl sites for hydroxylation is 1. The molecule has 0 unspecified atom stereocenters. The summed E-state index contributed by atoms with van der Waals surface area (Å²) in [6, 6.07) is 10.2. The van der Waals surface area contributed by atoms with Crippen LogP contribution in [0.5, 0.6) is 0 Å². The van der Waals surface area contributed by atoms with Crippen molar-refractivity contribution in [3.05, 3.63) is 56.9 Å². The molecular formula is C22H27FIN3O. The Morgan fingerprint density at radius 2 is 1.89 bits per heavy atom. The minimum atomic E-state index is -0.368. The van der Waals surface area contributed by atoms with Crippen molar-refractivity contribution in [2.75, 3.05) is 31.5 Å². The molecule has 0 aromatic heterocycles. The second-order valence-electron chi connectivity index (χ2n) is 7.29. The fraction of sp³-hybridized carbons (Fsp3) is 0.409. The van der Waals surface area contributed by atoms with Crippen LogP contribution >= 0.6 is 22.6 Å². The van der Waals surface area contributed by atoms with Gasteiger partial charge >= 0.3 is 0 Å². The van der Waals surface area contributed by atoms with Gasteiger partial charge in [0.2, 0.25) is 0 Å². The summed E-state index contributed by atoms with van der Waals surface area (Å²) in [5.74, 6) is -0.545. The molecule has 2 N–H and O–H groups in total. The molecule has 0 atom stereocenters. The van der Waals surface area contributed by atoms with Gasteiger partial charge in [-0.25, -0.2) is 4.39 Å². The van der Waals surface area contributed by atoms with Crippen LogP contribution in [0.2, 0.25) is 0 Å². The van der Waals surface area contributed by atoms with E-state index >= 15 is 0 Å². The molecule has 1 saturated heterocycles. The molecule has 0 aliphatic carbocycles. The number of carbonyl (C=O) groups is 1. The maximum absolute atomic E-state index is 13.8. The van der Waals surface area contributed by atoms with Crippen LogP contribution in [0.4, 0.5) is 15.8 Å². The summed E-state index contributed by atoms with van der Waals surface area (Å²) in [4.78, 5) is 15.1. The summed E-state index contributed by atoms with van der Waals surface area (Å²) in [6.45, 7) is 5.94. The molecule has 1 amide bonds. The van der Waals surface area contributed by atoms with Crippen LogP contribution in [0, 0.1) is 16.3 Å². The summed E-state index contributed by atoms with van der Waals surface area (Å²) in [7, 11) is 0. The molecular weight excluding hydrogens is 468 g/mol. The van der Waals surface area contributed by atoms with Gasteiger partial charge in [0.05, 0.1) is 11.3 Å². The number of nitrogens with zero attached hydrogens (tertiary/aromatic N) is 1. The fourth-order valence-corrected chi connectivity index (χ4v) is 4.16. The average molecular weight is 495 g/mol. The van der Waals surface area contributed by atoms with Crippen molar-refractivity contribution in [3.8, 4) is 0 Å². The summed E-state index contributed by atoms with van der Waals surface area (Å²) < 4.78 is 14.9. The summed E-state index contributed by atoms with van der Waals surface area (Å²) in [5.41, 5.74) is 2.85. The Labute approximate surface area is 180 Å². The highest BCUT2D eigenvalue weighted by Crippen LogP contribution is 2.26. The number of benzene rings is 2. The third-order valence-electron chi connectivity index (χ3n) is 5.07. The van der Waals surface area contributed by atoms with Gasteiger partial charge in [0, 0.05) is 15.8 Å². The highest BCUT2D eigenvalue weighted by Gasteiger charge is 2.14. The van der Waals surface area contributed by atoms with E-state index in [1.54, 1.807) is 6.07 Å². The van der Waals surface area contributed by atoms with E-state index in [-0.39, 0.29) is 11.7 Å². The summed E-state index contributed by atoms with van der Waals surface area (Å²) in [6.07, 6.45) is 4.80. The highest BCUT2D eigenvalue weighted by atomic mass is 127. The van der Waals surface area contributed by atoms with Gasteiger partial charge in [0.15, 0.2) is 0 Å². The van der Waals surface area contributed by atoms with E-state index in [0.29, 0.717) is 17.8 Å². The van der Waals surface area contributed by atoms with Crippen LogP contribution < -0.4 is 10.6 Å². The Balaban J connectivity index is 1.61. The fourth-order valence-electron chi connectivity index (χ4n) is 3.51. The number of halogens is 2. The van der Waals surface area contributed by atoms with Crippen molar-refractivity contribution in [3.63, 3.8) is 0 Å². The Bertz CT molecular complexity index is 821. The molecule has 0 bridgehead atoms. The Hall–Kier alpha value is -1.67. The second kappa shape index (κ2) is 10.2. The molecule has 2 aromatic carbocycles. The van der Waals surface area contributed by atoms with Crippen molar-refractivity contribution in [1.82, 2.24) is 10.2 Å². The normalized spacial score (nSPS) is 14.7. The molecule has 1 aliphatic heterocycles. The standard InChI is InChI=1S/C22H27FIN3O/c1-16-14-18(24)7-9-20(16)26-21-15-17(23)6-8-19(21)22(28)25-10-5-13-27-11-3-2-4-12-27/h6-9,14-15,26H,2-5,10-13H2,1H3,(H,25,28). The van der Waals surface area contributed by atoms with Gasteiger partial charge in [-0.15, -0.1) is 0 Å². The van der Waals surface area contributed by atoms with Crippen molar-refractivity contribution >= 4 is 39.9 Å². The Morgan fingerprint density at radius 1 is 1.11 bits per heavy atom. The SMILES string of the molecule is Cc1cc(I)ccc1Nc1cc(F)ccc1C(=O)NCCCN1CCCCC1. The van der Waals surface area contributed by atoms with E-state index in [2.05, 4.69) is 38.1 Å². The first-order valence-corrected chi connectivity index (χ1v) is 10.9. The number of piperidine rings is 1. The molecule has 0 spiro atoms. The summed E-state index contributed by atoms with van der Waals surface area (Å²) in [5, 5.41) is 6.20. The molecule has 1 fully saturated rings. The highest BCUT2D eigenvalue weighted by molar-refractivity contribution is 14.1. The third-order valence-corrected chi connectivity index (χ3v) is 5.74. The predicted molar refractivity (Wildman–Crippen MR) is 121 cm³/mol. The van der Waals surface area contributed by atoms with Crippen molar-refractivity contribution in [1.29, 1.82) is 0 Å². The van der Waals surface area contributed by atoms with E-state index in [0.717, 1.165) is 40.9 Å². The molecule has 2 aromatic rings. The van der Waals surface area contributed by atoms with Crippen molar-refractivity contribution < 1.29 is 9.18 Å². The van der Waals surface area contributed by atoms with E-state index < -0.39 is 0 Å². The first-order chi connectivity index (χ1) is 13.5. The molecule has 3 rings (SSSR count). The monoisotopic (exact) mass is 495 g/mol. The zero-order valence-electron chi connectivity index (χ0n) is 16.2. The Kier molecular flexibility index (Phi) is 7.67. The molecule has 4 nitrogen and oxygen atoms in total. The number of rotatable bonds is 7. The lowest BCUT2D eigenvalue weighted by Gasteiger charge is -2.26. The van der Waals surface area contributed by atoms with Crippen molar-refractivity contribution in [2.24, 2.45) is 0 Å². The average Bonchev–Trinajstić information content (AvgIpc) is 2.68. The molecule has 28 heavy (non-hydrogen) atoms. The van der Waals surface area contributed by atoms with E-state index in [4.69, 9.17) is 0 Å². The van der Waals surface area contributed by atoms with Gasteiger partial charge in [-0.05, 0) is 110 Å². The zero-order valence-corrected chi connectivity index (χ0v) is 18.4. The second-order valence-corrected chi connectivity index (χ2v) is 8.53. The number of hydrogen-bond acceptors (Lipinski definition) is 3. The quantitative estimate of drug-likeness (QED) is 0.416. The first kappa shape index (κ1) is 21.0. The predicted octanol–water partition coefficient (Wildman–Crippen LogP) is 5.09. The lowest BCUT2D eigenvalue weighted by atomic mass is 10.1. The maximum atomic E-state index is 13.8. The Morgan fingerprint density at radius 3 is 2.64 bits per heavy atom. The van der Waals surface area contributed by atoms with Crippen LogP contribution in [0.25, 0.3) is 0 Å². The smallest absolute Gasteiger partial charge is 0.253 e. The molecule has 0 saturated carbocycles. The van der Waals surface area contributed by atoms with Gasteiger partial charge in [-0.2, -0.15) is 0 Å². The molecule has 150 valence electrons. The number of amides is 1. The van der Waals surface area contributed by atoms with Gasteiger partial charge < -0.3 is 15.5 Å². The van der Waals surface area contributed by atoms with Crippen LogP contribution in [0.1, 0.15) is 41.6 Å². The largest absolute Gasteiger partial charge is 0.355 e. The minimum absolute atomic E-state index is 0.177. The van der Waals surface area contributed by atoms with E-state index in [9.17, 15) is 9.18 Å². The van der Waals surface area contributed by atoms with Crippen LogP contribution in [-0.2, 0) is 0 Å². The lowest BCUT2D eigenvalue weighted by molar-refractivity contribution is 0.0952.